The smallest absolute Gasteiger partial charge is 0.231 e. The van der Waals surface area contributed by atoms with Gasteiger partial charge in [0.1, 0.15) is 0 Å². The number of hydrogen-bond acceptors (Lipinski definition) is 2. The fraction of sp³-hybridized carbons (Fsp3) is 0.409. The van der Waals surface area contributed by atoms with Crippen LogP contribution in [0.5, 0.6) is 0 Å². The maximum absolute atomic E-state index is 13.4. The Labute approximate surface area is 169 Å². The summed E-state index contributed by atoms with van der Waals surface area (Å²) in [6, 6.07) is 11.2. The summed E-state index contributed by atoms with van der Waals surface area (Å²) in [6.07, 6.45) is 2.30. The van der Waals surface area contributed by atoms with Crippen LogP contribution in [0.3, 0.4) is 0 Å². The van der Waals surface area contributed by atoms with Gasteiger partial charge in [-0.3, -0.25) is 4.79 Å². The van der Waals surface area contributed by atoms with Gasteiger partial charge in [-0.25, -0.2) is 8.78 Å². The molecule has 6 heteroatoms. The van der Waals surface area contributed by atoms with Gasteiger partial charge in [0.2, 0.25) is 5.91 Å². The number of ether oxygens (including phenoxy) is 1. The van der Waals surface area contributed by atoms with Crippen LogP contribution in [0.1, 0.15) is 37.3 Å². The summed E-state index contributed by atoms with van der Waals surface area (Å²) in [7, 11) is 0. The summed E-state index contributed by atoms with van der Waals surface area (Å²) in [6.45, 7) is 2.92. The average molecular weight is 408 g/mol. The highest BCUT2D eigenvalue weighted by atomic mass is 35.5. The Morgan fingerprint density at radius 3 is 2.57 bits per heavy atom. The van der Waals surface area contributed by atoms with Gasteiger partial charge in [-0.05, 0) is 61.9 Å². The number of nitrogens with one attached hydrogen (secondary N) is 1. The van der Waals surface area contributed by atoms with Gasteiger partial charge in [0.25, 0.3) is 0 Å². The van der Waals surface area contributed by atoms with Crippen LogP contribution in [0.25, 0.3) is 0 Å². The van der Waals surface area contributed by atoms with E-state index in [-0.39, 0.29) is 11.9 Å². The average Bonchev–Trinajstić information content (AvgIpc) is 2.69. The lowest BCUT2D eigenvalue weighted by molar-refractivity contribution is -0.131. The summed E-state index contributed by atoms with van der Waals surface area (Å²) in [5.74, 6) is -1.78. The number of carbonyl (C=O) groups excluding carboxylic acids is 1. The van der Waals surface area contributed by atoms with Gasteiger partial charge in [0.05, 0.1) is 5.41 Å². The minimum Gasteiger partial charge on any atom is -0.381 e. The van der Waals surface area contributed by atoms with Crippen molar-refractivity contribution in [2.75, 3.05) is 13.2 Å². The molecule has 28 heavy (non-hydrogen) atoms. The lowest BCUT2D eigenvalue weighted by atomic mass is 9.73. The van der Waals surface area contributed by atoms with Gasteiger partial charge in [0, 0.05) is 24.3 Å². The zero-order chi connectivity index (χ0) is 20.1. The maximum Gasteiger partial charge on any atom is 0.231 e. The third kappa shape index (κ3) is 4.53. The van der Waals surface area contributed by atoms with Gasteiger partial charge in [-0.15, -0.1) is 0 Å². The molecule has 1 heterocycles. The Bertz CT molecular complexity index is 837. The third-order valence-corrected chi connectivity index (χ3v) is 5.73. The van der Waals surface area contributed by atoms with E-state index in [2.05, 4.69) is 5.32 Å². The van der Waals surface area contributed by atoms with Crippen molar-refractivity contribution >= 4 is 17.5 Å². The number of benzene rings is 2. The van der Waals surface area contributed by atoms with Gasteiger partial charge in [-0.1, -0.05) is 35.9 Å². The van der Waals surface area contributed by atoms with Gasteiger partial charge in [0.15, 0.2) is 11.6 Å². The highest BCUT2D eigenvalue weighted by molar-refractivity contribution is 6.31. The molecule has 1 aliphatic heterocycles. The Morgan fingerprint density at radius 2 is 1.89 bits per heavy atom. The maximum atomic E-state index is 13.4. The quantitative estimate of drug-likeness (QED) is 0.746. The normalized spacial score (nSPS) is 17.1. The Kier molecular flexibility index (Phi) is 6.68. The summed E-state index contributed by atoms with van der Waals surface area (Å²) in [5.41, 5.74) is 0.810. The number of rotatable bonds is 6. The van der Waals surface area contributed by atoms with Crippen LogP contribution in [-0.2, 0) is 21.4 Å². The van der Waals surface area contributed by atoms with Crippen molar-refractivity contribution in [2.45, 2.75) is 44.1 Å². The molecule has 1 unspecified atom stereocenters. The topological polar surface area (TPSA) is 38.3 Å². The van der Waals surface area contributed by atoms with Gasteiger partial charge < -0.3 is 10.1 Å². The monoisotopic (exact) mass is 407 g/mol. The first-order chi connectivity index (χ1) is 13.4. The van der Waals surface area contributed by atoms with E-state index < -0.39 is 17.0 Å². The lowest BCUT2D eigenvalue weighted by Crippen LogP contribution is -2.50. The third-order valence-electron chi connectivity index (χ3n) is 5.40. The van der Waals surface area contributed by atoms with Crippen LogP contribution in [0.15, 0.2) is 42.5 Å². The molecule has 3 rings (SSSR count). The van der Waals surface area contributed by atoms with E-state index in [9.17, 15) is 13.6 Å². The molecular formula is C22H24ClF2NO2. The fourth-order valence-corrected chi connectivity index (χ4v) is 4.02. The number of hydrogen-bond donors (Lipinski definition) is 1. The van der Waals surface area contributed by atoms with Crippen molar-refractivity contribution in [3.63, 3.8) is 0 Å². The van der Waals surface area contributed by atoms with E-state index in [0.29, 0.717) is 49.5 Å². The first-order valence-corrected chi connectivity index (χ1v) is 9.88. The minimum atomic E-state index is -0.855. The molecule has 0 spiro atoms. The Morgan fingerprint density at radius 1 is 1.18 bits per heavy atom. The fourth-order valence-electron chi connectivity index (χ4n) is 3.70. The van der Waals surface area contributed by atoms with Crippen molar-refractivity contribution in [3.8, 4) is 0 Å². The van der Waals surface area contributed by atoms with Crippen molar-refractivity contribution in [2.24, 2.45) is 0 Å². The Hall–Kier alpha value is -1.98. The first kappa shape index (κ1) is 20.7. The molecule has 150 valence electrons. The highest BCUT2D eigenvalue weighted by Gasteiger charge is 2.43. The molecule has 1 saturated heterocycles. The number of aryl methyl sites for hydroxylation is 1. The van der Waals surface area contributed by atoms with Crippen LogP contribution in [0, 0.1) is 11.6 Å². The van der Waals surface area contributed by atoms with Crippen molar-refractivity contribution in [3.05, 3.63) is 70.2 Å². The molecule has 1 amide bonds. The molecule has 0 radical (unpaired) electrons. The van der Waals surface area contributed by atoms with E-state index >= 15 is 0 Å². The standard InChI is InChI=1S/C22H24ClF2NO2/c1-15(6-7-16-8-9-19(24)20(25)14-16)26-21(27)22(10-12-28-13-11-22)17-4-2-3-5-18(17)23/h2-5,8-9,14-15H,6-7,10-13H2,1H3,(H,26,27). The summed E-state index contributed by atoms with van der Waals surface area (Å²) in [4.78, 5) is 13.3. The lowest BCUT2D eigenvalue weighted by Gasteiger charge is -2.37. The van der Waals surface area contributed by atoms with Gasteiger partial charge >= 0.3 is 0 Å². The number of amides is 1. The van der Waals surface area contributed by atoms with Crippen molar-refractivity contribution in [1.29, 1.82) is 0 Å². The molecule has 2 aromatic rings. The summed E-state index contributed by atoms with van der Waals surface area (Å²) >= 11 is 6.41. The van der Waals surface area contributed by atoms with Gasteiger partial charge in [-0.2, -0.15) is 0 Å². The highest BCUT2D eigenvalue weighted by Crippen LogP contribution is 2.39. The zero-order valence-corrected chi connectivity index (χ0v) is 16.6. The summed E-state index contributed by atoms with van der Waals surface area (Å²) < 4.78 is 31.9. The van der Waals surface area contributed by atoms with Crippen molar-refractivity contribution in [1.82, 2.24) is 5.32 Å². The minimum absolute atomic E-state index is 0.0679. The van der Waals surface area contributed by atoms with E-state index in [4.69, 9.17) is 16.3 Å². The van der Waals surface area contributed by atoms with Crippen LogP contribution in [-0.4, -0.2) is 25.2 Å². The molecule has 0 aliphatic carbocycles. The van der Waals surface area contributed by atoms with E-state index in [0.717, 1.165) is 11.6 Å². The van der Waals surface area contributed by atoms with E-state index in [1.807, 2.05) is 25.1 Å². The molecule has 0 saturated carbocycles. The second kappa shape index (κ2) is 9.01. The van der Waals surface area contributed by atoms with Crippen LogP contribution in [0.4, 0.5) is 8.78 Å². The van der Waals surface area contributed by atoms with E-state index in [1.54, 1.807) is 12.1 Å². The molecule has 3 nitrogen and oxygen atoms in total. The van der Waals surface area contributed by atoms with Crippen LogP contribution >= 0.6 is 11.6 Å². The predicted octanol–water partition coefficient (Wildman–Crippen LogP) is 4.80. The first-order valence-electron chi connectivity index (χ1n) is 9.50. The molecule has 0 aromatic heterocycles. The SMILES string of the molecule is CC(CCc1ccc(F)c(F)c1)NC(=O)C1(c2ccccc2Cl)CCOCC1. The molecule has 0 bridgehead atoms. The molecule has 1 aliphatic rings. The molecule has 1 fully saturated rings. The predicted molar refractivity (Wildman–Crippen MR) is 105 cm³/mol. The Balaban J connectivity index is 1.69. The molecule has 1 atom stereocenters. The molecule has 2 aromatic carbocycles. The largest absolute Gasteiger partial charge is 0.381 e. The second-order valence-corrected chi connectivity index (χ2v) is 7.74. The van der Waals surface area contributed by atoms with Crippen LogP contribution < -0.4 is 5.32 Å². The zero-order valence-electron chi connectivity index (χ0n) is 15.8. The van der Waals surface area contributed by atoms with Crippen molar-refractivity contribution < 1.29 is 18.3 Å². The molecule has 1 N–H and O–H groups in total. The van der Waals surface area contributed by atoms with Crippen LogP contribution in [0.2, 0.25) is 5.02 Å². The number of halogens is 3. The summed E-state index contributed by atoms with van der Waals surface area (Å²) in [5, 5.41) is 3.67. The second-order valence-electron chi connectivity index (χ2n) is 7.34. The number of carbonyl (C=O) groups is 1. The van der Waals surface area contributed by atoms with E-state index in [1.165, 1.54) is 6.07 Å². The molecular weight excluding hydrogens is 384 g/mol.